The number of fused-ring (bicyclic) bond motifs is 3. The molecule has 1 aliphatic carbocycles. The minimum absolute atomic E-state index is 0.0152. The number of imidazole rings is 1. The molecule has 1 aromatic rings. The summed E-state index contributed by atoms with van der Waals surface area (Å²) in [6.45, 7) is 3.21. The minimum atomic E-state index is -0.397. The van der Waals surface area contributed by atoms with Crippen molar-refractivity contribution < 1.29 is 4.92 Å². The van der Waals surface area contributed by atoms with Crippen LogP contribution in [0.2, 0.25) is 0 Å². The van der Waals surface area contributed by atoms with E-state index in [1.807, 2.05) is 0 Å². The third-order valence-electron chi connectivity index (χ3n) is 6.41. The first kappa shape index (κ1) is 19.7. The van der Waals surface area contributed by atoms with Crippen LogP contribution in [0.25, 0.3) is 11.5 Å². The van der Waals surface area contributed by atoms with Crippen molar-refractivity contribution in [2.24, 2.45) is 0 Å². The number of aromatic nitrogens is 4. The highest BCUT2D eigenvalue weighted by Crippen LogP contribution is 2.37. The van der Waals surface area contributed by atoms with E-state index >= 15 is 0 Å². The Bertz CT molecular complexity index is 1140. The molecule has 0 bridgehead atoms. The summed E-state index contributed by atoms with van der Waals surface area (Å²) in [5, 5.41) is 14.4. The van der Waals surface area contributed by atoms with Gasteiger partial charge in [-0.1, -0.05) is 31.9 Å². The van der Waals surface area contributed by atoms with E-state index in [1.54, 1.807) is 21.3 Å². The molecule has 1 saturated carbocycles. The molecule has 0 saturated heterocycles. The molecule has 5 rings (SSSR count). The molecule has 162 valence electrons. The lowest BCUT2D eigenvalue weighted by Crippen LogP contribution is -2.32. The number of non-ortho nitro benzene ring substituents is 1. The zero-order chi connectivity index (χ0) is 21.5. The molecule has 1 N–H and O–H groups in total. The van der Waals surface area contributed by atoms with E-state index in [1.165, 1.54) is 25.0 Å². The monoisotopic (exact) mass is 422 g/mol. The summed E-state index contributed by atoms with van der Waals surface area (Å²) < 4.78 is 3.54. The van der Waals surface area contributed by atoms with Crippen LogP contribution in [0.3, 0.4) is 0 Å². The van der Waals surface area contributed by atoms with Gasteiger partial charge in [-0.15, -0.1) is 0 Å². The van der Waals surface area contributed by atoms with Crippen LogP contribution in [0.1, 0.15) is 56.3 Å². The average molecular weight is 422 g/mol. The van der Waals surface area contributed by atoms with Gasteiger partial charge in [-0.25, -0.2) is 14.8 Å². The van der Waals surface area contributed by atoms with Crippen LogP contribution in [0.5, 0.6) is 0 Å². The molecule has 0 radical (unpaired) electrons. The van der Waals surface area contributed by atoms with Crippen molar-refractivity contribution in [2.75, 3.05) is 5.32 Å². The van der Waals surface area contributed by atoms with Gasteiger partial charge in [0.15, 0.2) is 5.82 Å². The van der Waals surface area contributed by atoms with E-state index in [4.69, 9.17) is 9.97 Å². The highest BCUT2D eigenvalue weighted by molar-refractivity contribution is 5.70. The maximum absolute atomic E-state index is 13.3. The Hall–Kier alpha value is -3.23. The highest BCUT2D eigenvalue weighted by atomic mass is 16.6. The van der Waals surface area contributed by atoms with E-state index in [9.17, 15) is 14.9 Å². The molecule has 1 aromatic carbocycles. The van der Waals surface area contributed by atoms with Crippen LogP contribution in [0.4, 0.5) is 11.5 Å². The first-order valence-electron chi connectivity index (χ1n) is 11.1. The van der Waals surface area contributed by atoms with E-state index in [0.29, 0.717) is 31.3 Å². The molecule has 1 unspecified atom stereocenters. The number of benzene rings is 1. The van der Waals surface area contributed by atoms with Crippen molar-refractivity contribution in [3.8, 4) is 11.5 Å². The molecular weight excluding hydrogens is 396 g/mol. The number of rotatable bonds is 6. The second-order valence-electron chi connectivity index (χ2n) is 8.60. The van der Waals surface area contributed by atoms with Gasteiger partial charge in [0.25, 0.3) is 5.69 Å². The molecule has 1 fully saturated rings. The summed E-state index contributed by atoms with van der Waals surface area (Å²) in [5.41, 5.74) is 1.79. The maximum Gasteiger partial charge on any atom is 0.331 e. The average Bonchev–Trinajstić information content (AvgIpc) is 3.50. The first-order valence-corrected chi connectivity index (χ1v) is 11.1. The Kier molecular flexibility index (Phi) is 4.95. The van der Waals surface area contributed by atoms with Gasteiger partial charge in [0.2, 0.25) is 0 Å². The highest BCUT2D eigenvalue weighted by Gasteiger charge is 2.33. The number of hydrogen-bond acceptors (Lipinski definition) is 6. The summed E-state index contributed by atoms with van der Waals surface area (Å²) in [7, 11) is 0. The van der Waals surface area contributed by atoms with Crippen molar-refractivity contribution >= 4 is 11.5 Å². The van der Waals surface area contributed by atoms with Gasteiger partial charge in [-0.3, -0.25) is 19.2 Å². The third kappa shape index (κ3) is 3.47. The molecular formula is C22H26N6O3. The number of nitro benzene ring substituents is 1. The fourth-order valence-corrected chi connectivity index (χ4v) is 4.88. The van der Waals surface area contributed by atoms with Gasteiger partial charge in [0.05, 0.1) is 4.92 Å². The molecule has 0 aromatic heterocycles. The van der Waals surface area contributed by atoms with Gasteiger partial charge in [0, 0.05) is 37.2 Å². The van der Waals surface area contributed by atoms with E-state index in [2.05, 4.69) is 12.2 Å². The fraction of sp³-hybridized carbons (Fsp3) is 0.500. The summed E-state index contributed by atoms with van der Waals surface area (Å²) in [6.07, 6.45) is 6.15. The third-order valence-corrected chi connectivity index (χ3v) is 6.41. The standard InChI is InChI=1S/C22H26N6O3/c1-2-11-26-21-18(24-19(25-21)15-5-3-4-6-15)20-23-16(13-27(20)22(26)29)12-14-7-9-17(10-8-14)28(30)31/h7-10,15-16,23H,2-6,11-13H2,1H3. The predicted octanol–water partition coefficient (Wildman–Crippen LogP) is 3.56. The normalized spacial score (nSPS) is 18.4. The van der Waals surface area contributed by atoms with Crippen LogP contribution >= 0.6 is 0 Å². The number of hydrogen-bond donors (Lipinski definition) is 1. The molecule has 9 heteroatoms. The molecule has 3 heterocycles. The fourth-order valence-electron chi connectivity index (χ4n) is 4.88. The smallest absolute Gasteiger partial charge is 0.331 e. The second-order valence-corrected chi connectivity index (χ2v) is 8.60. The van der Waals surface area contributed by atoms with Gasteiger partial charge in [-0.05, 0) is 31.2 Å². The molecule has 4 aliphatic rings. The second kappa shape index (κ2) is 7.79. The van der Waals surface area contributed by atoms with E-state index in [-0.39, 0.29) is 17.4 Å². The van der Waals surface area contributed by atoms with Crippen LogP contribution < -0.4 is 11.0 Å². The van der Waals surface area contributed by atoms with Gasteiger partial charge in [0.1, 0.15) is 17.3 Å². The Morgan fingerprint density at radius 3 is 2.61 bits per heavy atom. The Labute approximate surface area is 179 Å². The first-order chi connectivity index (χ1) is 15.0. The lowest BCUT2D eigenvalue weighted by atomic mass is 10.1. The molecule has 3 aliphatic heterocycles. The number of nitro groups is 1. The Morgan fingerprint density at radius 1 is 1.19 bits per heavy atom. The van der Waals surface area contributed by atoms with Crippen molar-refractivity contribution in [2.45, 2.75) is 70.5 Å². The summed E-state index contributed by atoms with van der Waals surface area (Å²) in [4.78, 5) is 33.5. The molecule has 1 atom stereocenters. The van der Waals surface area contributed by atoms with Crippen molar-refractivity contribution in [3.63, 3.8) is 0 Å². The molecule has 31 heavy (non-hydrogen) atoms. The predicted molar refractivity (Wildman–Crippen MR) is 117 cm³/mol. The summed E-state index contributed by atoms with van der Waals surface area (Å²) in [6, 6.07) is 6.61. The molecule has 0 amide bonds. The quantitative estimate of drug-likeness (QED) is 0.481. The molecule has 0 spiro atoms. The van der Waals surface area contributed by atoms with Gasteiger partial charge in [-0.2, -0.15) is 0 Å². The van der Waals surface area contributed by atoms with Crippen LogP contribution in [0, 0.1) is 10.1 Å². The SMILES string of the molecule is CCCn1c2nc(C3CCCC3)nc-2c2n(c1=O)CC(Cc1ccc([N+](=O)[O-])cc1)N2. The lowest BCUT2D eigenvalue weighted by molar-refractivity contribution is -0.384. The van der Waals surface area contributed by atoms with Gasteiger partial charge >= 0.3 is 5.69 Å². The zero-order valence-electron chi connectivity index (χ0n) is 17.6. The maximum atomic E-state index is 13.3. The zero-order valence-corrected chi connectivity index (χ0v) is 17.6. The largest absolute Gasteiger partial charge is 0.365 e. The summed E-state index contributed by atoms with van der Waals surface area (Å²) >= 11 is 0. The number of nitrogens with one attached hydrogen (secondary N) is 1. The number of nitrogens with zero attached hydrogens (tertiary/aromatic N) is 5. The van der Waals surface area contributed by atoms with Crippen LogP contribution in [-0.4, -0.2) is 30.1 Å². The van der Waals surface area contributed by atoms with Crippen molar-refractivity contribution in [3.05, 3.63) is 56.3 Å². The van der Waals surface area contributed by atoms with Gasteiger partial charge < -0.3 is 5.32 Å². The minimum Gasteiger partial charge on any atom is -0.365 e. The van der Waals surface area contributed by atoms with E-state index in [0.717, 1.165) is 42.2 Å². The Morgan fingerprint density at radius 2 is 1.94 bits per heavy atom. The lowest BCUT2D eigenvalue weighted by Gasteiger charge is -2.13. The van der Waals surface area contributed by atoms with Crippen molar-refractivity contribution in [1.29, 1.82) is 0 Å². The number of anilines is 1. The molecule has 9 nitrogen and oxygen atoms in total. The van der Waals surface area contributed by atoms with Crippen LogP contribution in [0.15, 0.2) is 29.1 Å². The Balaban J connectivity index is 1.48. The topological polar surface area (TPSA) is 108 Å². The summed E-state index contributed by atoms with van der Waals surface area (Å²) in [5.74, 6) is 2.68. The van der Waals surface area contributed by atoms with E-state index < -0.39 is 4.92 Å². The van der Waals surface area contributed by atoms with Crippen LogP contribution in [-0.2, 0) is 19.5 Å². The van der Waals surface area contributed by atoms with Crippen molar-refractivity contribution in [1.82, 2.24) is 19.1 Å².